The number of nitrogens with one attached hydrogen (secondary N) is 2. The van der Waals surface area contributed by atoms with Crippen molar-refractivity contribution in [2.24, 2.45) is 0 Å². The Bertz CT molecular complexity index is 682. The maximum atomic E-state index is 11.9. The second-order valence-corrected chi connectivity index (χ2v) is 5.44. The van der Waals surface area contributed by atoms with Crippen LogP contribution < -0.4 is 5.32 Å². The van der Waals surface area contributed by atoms with Crippen LogP contribution in [0.2, 0.25) is 0 Å². The summed E-state index contributed by atoms with van der Waals surface area (Å²) in [7, 11) is 0. The molecule has 1 amide bonds. The van der Waals surface area contributed by atoms with E-state index < -0.39 is 5.97 Å². The fourth-order valence-corrected chi connectivity index (χ4v) is 2.34. The highest BCUT2D eigenvalue weighted by atomic mass is 32.2. The van der Waals surface area contributed by atoms with Gasteiger partial charge in [0, 0.05) is 11.9 Å². The molecule has 0 saturated carbocycles. The Labute approximate surface area is 126 Å². The lowest BCUT2D eigenvalue weighted by atomic mass is 10.1. The van der Waals surface area contributed by atoms with Crippen molar-refractivity contribution in [3.63, 3.8) is 0 Å². The molecular weight excluding hydrogens is 290 g/mol. The molecule has 0 bridgehead atoms. The van der Waals surface area contributed by atoms with E-state index in [9.17, 15) is 9.59 Å². The Hall–Kier alpha value is -2.28. The Morgan fingerprint density at radius 3 is 2.81 bits per heavy atom. The first-order valence-electron chi connectivity index (χ1n) is 6.25. The predicted molar refractivity (Wildman–Crippen MR) is 80.8 cm³/mol. The Kier molecular flexibility index (Phi) is 4.64. The zero-order valence-electron chi connectivity index (χ0n) is 11.6. The van der Waals surface area contributed by atoms with E-state index in [4.69, 9.17) is 5.11 Å². The molecule has 1 heterocycles. The van der Waals surface area contributed by atoms with Gasteiger partial charge in [-0.15, -0.1) is 0 Å². The van der Waals surface area contributed by atoms with Crippen molar-refractivity contribution in [1.82, 2.24) is 9.97 Å². The fraction of sp³-hybridized carbons (Fsp3) is 0.214. The first kappa shape index (κ1) is 15.1. The van der Waals surface area contributed by atoms with Crippen LogP contribution in [0.3, 0.4) is 0 Å². The molecule has 21 heavy (non-hydrogen) atoms. The van der Waals surface area contributed by atoms with Gasteiger partial charge in [-0.1, -0.05) is 23.9 Å². The maximum Gasteiger partial charge on any atom is 0.356 e. The van der Waals surface area contributed by atoms with Crippen LogP contribution in [0, 0.1) is 13.8 Å². The molecule has 7 heteroatoms. The maximum absolute atomic E-state index is 11.9. The summed E-state index contributed by atoms with van der Waals surface area (Å²) in [6.07, 6.45) is 1.30. The second-order valence-electron chi connectivity index (χ2n) is 4.48. The van der Waals surface area contributed by atoms with Gasteiger partial charge in [-0.2, -0.15) is 0 Å². The topological polar surface area (TPSA) is 95.1 Å². The van der Waals surface area contributed by atoms with Crippen molar-refractivity contribution < 1.29 is 14.7 Å². The number of carbonyl (C=O) groups is 2. The third-order valence-electron chi connectivity index (χ3n) is 2.99. The molecule has 6 nitrogen and oxygen atoms in total. The molecule has 0 aliphatic heterocycles. The summed E-state index contributed by atoms with van der Waals surface area (Å²) in [5.74, 6) is -1.11. The summed E-state index contributed by atoms with van der Waals surface area (Å²) in [6.45, 7) is 3.93. The van der Waals surface area contributed by atoms with Gasteiger partial charge in [0.1, 0.15) is 0 Å². The quantitative estimate of drug-likeness (QED) is 0.738. The van der Waals surface area contributed by atoms with Crippen LogP contribution in [-0.2, 0) is 4.79 Å². The largest absolute Gasteiger partial charge is 0.476 e. The van der Waals surface area contributed by atoms with Crippen molar-refractivity contribution >= 4 is 29.3 Å². The first-order chi connectivity index (χ1) is 9.97. The van der Waals surface area contributed by atoms with Crippen molar-refractivity contribution in [2.45, 2.75) is 19.0 Å². The van der Waals surface area contributed by atoms with E-state index in [-0.39, 0.29) is 17.4 Å². The summed E-state index contributed by atoms with van der Waals surface area (Å²) >= 11 is 1.15. The summed E-state index contributed by atoms with van der Waals surface area (Å²) in [5, 5.41) is 12.0. The Morgan fingerprint density at radius 2 is 2.14 bits per heavy atom. The number of hydrogen-bond acceptors (Lipinski definition) is 4. The summed E-state index contributed by atoms with van der Waals surface area (Å²) in [5.41, 5.74) is 2.86. The molecule has 0 unspecified atom stereocenters. The van der Waals surface area contributed by atoms with Gasteiger partial charge in [-0.05, 0) is 31.0 Å². The predicted octanol–water partition coefficient (Wildman–Crippen LogP) is 2.46. The average Bonchev–Trinajstić information content (AvgIpc) is 2.91. The number of aromatic carboxylic acids is 1. The van der Waals surface area contributed by atoms with Gasteiger partial charge < -0.3 is 15.4 Å². The number of carboxylic acids is 1. The van der Waals surface area contributed by atoms with Crippen LogP contribution in [0.4, 0.5) is 5.69 Å². The molecule has 1 aromatic heterocycles. The van der Waals surface area contributed by atoms with Crippen molar-refractivity contribution in [2.75, 3.05) is 11.1 Å². The number of H-pyrrole nitrogens is 1. The minimum atomic E-state index is -1.10. The van der Waals surface area contributed by atoms with E-state index in [2.05, 4.69) is 15.3 Å². The minimum absolute atomic E-state index is 0.0626. The van der Waals surface area contributed by atoms with Gasteiger partial charge in [0.25, 0.3) is 0 Å². The van der Waals surface area contributed by atoms with Gasteiger partial charge in [0.15, 0.2) is 10.9 Å². The van der Waals surface area contributed by atoms with E-state index in [0.717, 1.165) is 28.6 Å². The van der Waals surface area contributed by atoms with E-state index in [1.165, 1.54) is 6.20 Å². The van der Waals surface area contributed by atoms with Crippen molar-refractivity contribution in [1.29, 1.82) is 0 Å². The Morgan fingerprint density at radius 1 is 1.38 bits per heavy atom. The third-order valence-corrected chi connectivity index (χ3v) is 3.88. The van der Waals surface area contributed by atoms with Crippen molar-refractivity contribution in [3.05, 3.63) is 41.2 Å². The number of aromatic nitrogens is 2. The molecule has 3 N–H and O–H groups in total. The molecule has 110 valence electrons. The molecule has 0 saturated heterocycles. The molecule has 0 radical (unpaired) electrons. The number of carbonyl (C=O) groups excluding carboxylic acids is 1. The van der Waals surface area contributed by atoms with Crippen molar-refractivity contribution in [3.8, 4) is 0 Å². The molecule has 0 aliphatic rings. The lowest BCUT2D eigenvalue weighted by Crippen LogP contribution is -2.15. The zero-order valence-corrected chi connectivity index (χ0v) is 12.5. The summed E-state index contributed by atoms with van der Waals surface area (Å²) in [4.78, 5) is 29.2. The zero-order chi connectivity index (χ0) is 15.4. The van der Waals surface area contributed by atoms with Gasteiger partial charge in [-0.3, -0.25) is 4.79 Å². The van der Waals surface area contributed by atoms with Crippen LogP contribution in [0.25, 0.3) is 0 Å². The van der Waals surface area contributed by atoms with Crippen LogP contribution in [-0.4, -0.2) is 32.7 Å². The number of amides is 1. The second kappa shape index (κ2) is 6.45. The highest BCUT2D eigenvalue weighted by molar-refractivity contribution is 7.99. The number of imidazole rings is 1. The molecular formula is C14H15N3O3S. The molecule has 0 spiro atoms. The number of nitrogens with zero attached hydrogens (tertiary/aromatic N) is 1. The normalized spacial score (nSPS) is 10.4. The molecule has 2 rings (SSSR count). The lowest BCUT2D eigenvalue weighted by Gasteiger charge is -2.09. The monoisotopic (exact) mass is 305 g/mol. The minimum Gasteiger partial charge on any atom is -0.476 e. The number of carboxylic acid groups (broad SMARTS) is 1. The van der Waals surface area contributed by atoms with Gasteiger partial charge >= 0.3 is 5.97 Å². The number of aryl methyl sites for hydroxylation is 1. The SMILES string of the molecule is Cc1cccc(NC(=O)CSc2nc(C(=O)O)c[nH]2)c1C. The molecule has 0 fully saturated rings. The smallest absolute Gasteiger partial charge is 0.356 e. The highest BCUT2D eigenvalue weighted by Gasteiger charge is 2.11. The fourth-order valence-electron chi connectivity index (χ4n) is 1.69. The summed E-state index contributed by atoms with van der Waals surface area (Å²) in [6, 6.07) is 5.72. The number of aromatic amines is 1. The van der Waals surface area contributed by atoms with Gasteiger partial charge in [0.2, 0.25) is 5.91 Å². The van der Waals surface area contributed by atoms with E-state index in [1.54, 1.807) is 0 Å². The first-order valence-corrected chi connectivity index (χ1v) is 7.23. The van der Waals surface area contributed by atoms with Gasteiger partial charge in [0.05, 0.1) is 5.75 Å². The van der Waals surface area contributed by atoms with Crippen LogP contribution in [0.15, 0.2) is 29.6 Å². The number of hydrogen-bond donors (Lipinski definition) is 3. The Balaban J connectivity index is 1.92. The molecule has 1 aromatic carbocycles. The molecule has 0 aliphatic carbocycles. The summed E-state index contributed by atoms with van der Waals surface area (Å²) < 4.78 is 0. The number of thioether (sulfide) groups is 1. The van der Waals surface area contributed by atoms with E-state index in [1.807, 2.05) is 32.0 Å². The molecule has 0 atom stereocenters. The average molecular weight is 305 g/mol. The third kappa shape index (κ3) is 3.85. The standard InChI is InChI=1S/C14H15N3O3S/c1-8-4-3-5-10(9(8)2)16-12(18)7-21-14-15-6-11(17-14)13(19)20/h3-6H,7H2,1-2H3,(H,15,17)(H,16,18)(H,19,20). The number of benzene rings is 1. The highest BCUT2D eigenvalue weighted by Crippen LogP contribution is 2.19. The van der Waals surface area contributed by atoms with Gasteiger partial charge in [-0.25, -0.2) is 9.78 Å². The molecule has 2 aromatic rings. The lowest BCUT2D eigenvalue weighted by molar-refractivity contribution is -0.113. The van der Waals surface area contributed by atoms with Crippen LogP contribution >= 0.6 is 11.8 Å². The van der Waals surface area contributed by atoms with E-state index >= 15 is 0 Å². The number of anilines is 1. The van der Waals surface area contributed by atoms with E-state index in [0.29, 0.717) is 5.16 Å². The van der Waals surface area contributed by atoms with Crippen LogP contribution in [0.1, 0.15) is 21.6 Å². The van der Waals surface area contributed by atoms with Crippen LogP contribution in [0.5, 0.6) is 0 Å². The number of rotatable bonds is 5.